The monoisotopic (exact) mass is 387 g/mol. The molecule has 124 valence electrons. The van der Waals surface area contributed by atoms with Gasteiger partial charge in [0.2, 0.25) is 0 Å². The van der Waals surface area contributed by atoms with Gasteiger partial charge >= 0.3 is 5.97 Å². The van der Waals surface area contributed by atoms with Crippen molar-refractivity contribution < 1.29 is 14.3 Å². The maximum absolute atomic E-state index is 12.8. The Labute approximate surface area is 149 Å². The average Bonchev–Trinajstić information content (AvgIpc) is 2.90. The molecule has 0 aromatic heterocycles. The summed E-state index contributed by atoms with van der Waals surface area (Å²) in [5.41, 5.74) is 2.45. The van der Waals surface area contributed by atoms with Crippen molar-refractivity contribution in [2.24, 2.45) is 0 Å². The molecule has 0 unspecified atom stereocenters. The third kappa shape index (κ3) is 3.08. The maximum Gasteiger partial charge on any atom is 0.340 e. The predicted molar refractivity (Wildman–Crippen MR) is 96.1 cm³/mol. The summed E-state index contributed by atoms with van der Waals surface area (Å²) in [6.45, 7) is 3.62. The standard InChI is InChI=1S/C19H18BrNO3/c1-12-11-14-7-3-6-10-17(14)21(12)18(22)13(2)24-19(23)15-8-4-5-9-16(15)20/h3-10,12-13H,11H2,1-2H3/t12-,13+/m0/s1. The fourth-order valence-corrected chi connectivity index (χ4v) is 3.45. The van der Waals surface area contributed by atoms with Crippen molar-refractivity contribution >= 4 is 33.5 Å². The first-order valence-electron chi connectivity index (χ1n) is 7.85. The summed E-state index contributed by atoms with van der Waals surface area (Å²) in [7, 11) is 0. The van der Waals surface area contributed by atoms with E-state index in [4.69, 9.17) is 4.74 Å². The highest BCUT2D eigenvalue weighted by molar-refractivity contribution is 9.10. The van der Waals surface area contributed by atoms with Crippen molar-refractivity contribution in [1.82, 2.24) is 0 Å². The van der Waals surface area contributed by atoms with Crippen LogP contribution in [0.3, 0.4) is 0 Å². The van der Waals surface area contributed by atoms with Crippen LogP contribution in [-0.2, 0) is 16.0 Å². The van der Waals surface area contributed by atoms with Gasteiger partial charge in [-0.05, 0) is 60.0 Å². The van der Waals surface area contributed by atoms with Gasteiger partial charge in [-0.2, -0.15) is 0 Å². The van der Waals surface area contributed by atoms with E-state index in [1.807, 2.05) is 37.3 Å². The summed E-state index contributed by atoms with van der Waals surface area (Å²) >= 11 is 3.32. The summed E-state index contributed by atoms with van der Waals surface area (Å²) < 4.78 is 6.04. The molecule has 5 heteroatoms. The van der Waals surface area contributed by atoms with Crippen LogP contribution < -0.4 is 4.90 Å². The Bertz CT molecular complexity index is 790. The third-order valence-electron chi connectivity index (χ3n) is 4.17. The van der Waals surface area contributed by atoms with Gasteiger partial charge < -0.3 is 9.64 Å². The van der Waals surface area contributed by atoms with Crippen LogP contribution >= 0.6 is 15.9 Å². The van der Waals surface area contributed by atoms with Gasteiger partial charge in [0.05, 0.1) is 5.56 Å². The lowest BCUT2D eigenvalue weighted by Crippen LogP contribution is -2.43. The number of esters is 1. The number of hydrogen-bond donors (Lipinski definition) is 0. The zero-order valence-corrected chi connectivity index (χ0v) is 15.1. The minimum absolute atomic E-state index is 0.0551. The molecule has 0 radical (unpaired) electrons. The van der Waals surface area contributed by atoms with Crippen molar-refractivity contribution in [2.75, 3.05) is 4.90 Å². The van der Waals surface area contributed by atoms with Gasteiger partial charge in [0, 0.05) is 16.2 Å². The first kappa shape index (κ1) is 16.7. The van der Waals surface area contributed by atoms with Crippen molar-refractivity contribution in [2.45, 2.75) is 32.4 Å². The molecule has 3 rings (SSSR count). The SMILES string of the molecule is C[C@@H](OC(=O)c1ccccc1Br)C(=O)N1c2ccccc2C[C@@H]1C. The Morgan fingerprint density at radius 1 is 1.17 bits per heavy atom. The second-order valence-corrected chi connectivity index (χ2v) is 6.77. The van der Waals surface area contributed by atoms with Gasteiger partial charge in [0.25, 0.3) is 5.91 Å². The molecule has 2 atom stereocenters. The highest BCUT2D eigenvalue weighted by Gasteiger charge is 2.34. The number of halogens is 1. The molecule has 0 fully saturated rings. The molecule has 2 aromatic rings. The van der Waals surface area contributed by atoms with Gasteiger partial charge in [-0.1, -0.05) is 30.3 Å². The summed E-state index contributed by atoms with van der Waals surface area (Å²) in [4.78, 5) is 26.8. The first-order chi connectivity index (χ1) is 11.5. The van der Waals surface area contributed by atoms with Crippen molar-refractivity contribution in [3.05, 3.63) is 64.1 Å². The van der Waals surface area contributed by atoms with Crippen LogP contribution in [-0.4, -0.2) is 24.0 Å². The van der Waals surface area contributed by atoms with E-state index in [0.29, 0.717) is 10.0 Å². The number of rotatable bonds is 3. The highest BCUT2D eigenvalue weighted by atomic mass is 79.9. The van der Waals surface area contributed by atoms with Crippen LogP contribution in [0.1, 0.15) is 29.8 Å². The van der Waals surface area contributed by atoms with Crippen LogP contribution in [0.25, 0.3) is 0 Å². The van der Waals surface area contributed by atoms with Gasteiger partial charge in [-0.15, -0.1) is 0 Å². The van der Waals surface area contributed by atoms with E-state index < -0.39 is 12.1 Å². The summed E-state index contributed by atoms with van der Waals surface area (Å²) in [5, 5.41) is 0. The number of para-hydroxylation sites is 1. The molecule has 1 aliphatic heterocycles. The topological polar surface area (TPSA) is 46.6 Å². The molecule has 4 nitrogen and oxygen atoms in total. The number of anilines is 1. The fraction of sp³-hybridized carbons (Fsp3) is 0.263. The average molecular weight is 388 g/mol. The van der Waals surface area contributed by atoms with Gasteiger partial charge in [0.15, 0.2) is 6.10 Å². The van der Waals surface area contributed by atoms with Crippen LogP contribution in [0.15, 0.2) is 53.0 Å². The molecule has 0 saturated carbocycles. The largest absolute Gasteiger partial charge is 0.449 e. The second kappa shape index (κ2) is 6.77. The van der Waals surface area contributed by atoms with E-state index in [9.17, 15) is 9.59 Å². The highest BCUT2D eigenvalue weighted by Crippen LogP contribution is 2.32. The van der Waals surface area contributed by atoms with Crippen LogP contribution in [0.2, 0.25) is 0 Å². The minimum Gasteiger partial charge on any atom is -0.449 e. The Kier molecular flexibility index (Phi) is 4.71. The van der Waals surface area contributed by atoms with Crippen LogP contribution in [0, 0.1) is 0 Å². The summed E-state index contributed by atoms with van der Waals surface area (Å²) in [6, 6.07) is 14.9. The molecule has 0 N–H and O–H groups in total. The Hall–Kier alpha value is -2.14. The molecular weight excluding hydrogens is 370 g/mol. The molecule has 0 spiro atoms. The van der Waals surface area contributed by atoms with Crippen molar-refractivity contribution in [3.63, 3.8) is 0 Å². The number of carbonyl (C=O) groups excluding carboxylic acids is 2. The lowest BCUT2D eigenvalue weighted by molar-refractivity contribution is -0.126. The number of nitrogens with zero attached hydrogens (tertiary/aromatic N) is 1. The maximum atomic E-state index is 12.8. The number of amides is 1. The fourth-order valence-electron chi connectivity index (χ4n) is 3.00. The first-order valence-corrected chi connectivity index (χ1v) is 8.65. The molecule has 24 heavy (non-hydrogen) atoms. The van der Waals surface area contributed by atoms with Gasteiger partial charge in [-0.3, -0.25) is 4.79 Å². The Morgan fingerprint density at radius 2 is 1.83 bits per heavy atom. The van der Waals surface area contributed by atoms with E-state index >= 15 is 0 Å². The van der Waals surface area contributed by atoms with E-state index in [1.54, 1.807) is 30.0 Å². The number of hydrogen-bond acceptors (Lipinski definition) is 3. The molecule has 0 aliphatic carbocycles. The quantitative estimate of drug-likeness (QED) is 0.748. The number of benzene rings is 2. The lowest BCUT2D eigenvalue weighted by Gasteiger charge is -2.26. The normalized spacial score (nSPS) is 17.3. The molecule has 1 amide bonds. The Morgan fingerprint density at radius 3 is 2.58 bits per heavy atom. The molecule has 1 heterocycles. The molecular formula is C19H18BrNO3. The number of fused-ring (bicyclic) bond motifs is 1. The van der Waals surface area contributed by atoms with Crippen LogP contribution in [0.4, 0.5) is 5.69 Å². The van der Waals surface area contributed by atoms with Gasteiger partial charge in [0.1, 0.15) is 0 Å². The molecule has 0 bridgehead atoms. The summed E-state index contributed by atoms with van der Waals surface area (Å²) in [5.74, 6) is -0.712. The smallest absolute Gasteiger partial charge is 0.340 e. The van der Waals surface area contributed by atoms with E-state index in [1.165, 1.54) is 0 Å². The molecule has 1 aliphatic rings. The van der Waals surface area contributed by atoms with Gasteiger partial charge in [-0.25, -0.2) is 4.79 Å². The zero-order valence-electron chi connectivity index (χ0n) is 13.5. The number of ether oxygens (including phenoxy) is 1. The lowest BCUT2D eigenvalue weighted by atomic mass is 10.1. The van der Waals surface area contributed by atoms with Crippen molar-refractivity contribution in [3.8, 4) is 0 Å². The Balaban J connectivity index is 1.76. The van der Waals surface area contributed by atoms with E-state index in [0.717, 1.165) is 17.7 Å². The third-order valence-corrected chi connectivity index (χ3v) is 4.86. The molecule has 0 saturated heterocycles. The molecule has 2 aromatic carbocycles. The summed E-state index contributed by atoms with van der Waals surface area (Å²) in [6.07, 6.45) is -0.0366. The minimum atomic E-state index is -0.849. The van der Waals surface area contributed by atoms with Crippen molar-refractivity contribution in [1.29, 1.82) is 0 Å². The number of carbonyl (C=O) groups is 2. The van der Waals surface area contributed by atoms with E-state index in [-0.39, 0.29) is 11.9 Å². The van der Waals surface area contributed by atoms with E-state index in [2.05, 4.69) is 15.9 Å². The van der Waals surface area contributed by atoms with Crippen LogP contribution in [0.5, 0.6) is 0 Å². The second-order valence-electron chi connectivity index (χ2n) is 5.92. The zero-order chi connectivity index (χ0) is 17.3. The predicted octanol–water partition coefficient (Wildman–Crippen LogP) is 3.97.